The summed E-state index contributed by atoms with van der Waals surface area (Å²) in [5, 5.41) is 0. The molecule has 38 heavy (non-hydrogen) atoms. The van der Waals surface area contributed by atoms with Gasteiger partial charge < -0.3 is 0 Å². The number of allylic oxidation sites excluding steroid dienone is 4. The van der Waals surface area contributed by atoms with Crippen LogP contribution >= 0.6 is 0 Å². The first-order valence-corrected chi connectivity index (χ1v) is 14.7. The topological polar surface area (TPSA) is 74.8 Å². The fourth-order valence-corrected chi connectivity index (χ4v) is 9.36. The summed E-state index contributed by atoms with van der Waals surface area (Å²) < 4.78 is 0. The molecule has 5 aliphatic carbocycles. The Labute approximate surface area is 223 Å². The molecule has 6 heteroatoms. The maximum atomic E-state index is 13.2. The fourth-order valence-electron chi connectivity index (χ4n) is 9.36. The molecule has 4 amide bonds. The standard InChI is InChI=1S/C32H34N2O4/c35-29-25-20-7-8-21(14-20)26(25)30(36)33(29)13-1-2-17-3-5-18(6-4-17)19-11-12-24(16-19)34-31(37)27-22-9-10-23(15-22)28(27)32(34)38/h3-10,19-28H,1-2,11-16H2. The van der Waals surface area contributed by atoms with Crippen molar-refractivity contribution < 1.29 is 19.2 Å². The largest absolute Gasteiger partial charge is 0.282 e. The summed E-state index contributed by atoms with van der Waals surface area (Å²) in [6.45, 7) is 0.507. The van der Waals surface area contributed by atoms with Gasteiger partial charge in [0.15, 0.2) is 0 Å². The van der Waals surface area contributed by atoms with Crippen molar-refractivity contribution >= 4 is 23.6 Å². The smallest absolute Gasteiger partial charge is 0.233 e. The fraction of sp³-hybridized carbons (Fsp3) is 0.562. The van der Waals surface area contributed by atoms with E-state index in [1.807, 2.05) is 0 Å². The van der Waals surface area contributed by atoms with Crippen molar-refractivity contribution in [1.29, 1.82) is 0 Å². The molecule has 2 heterocycles. The van der Waals surface area contributed by atoms with Crippen LogP contribution in [0.2, 0.25) is 0 Å². The number of aryl methyl sites for hydroxylation is 1. The summed E-state index contributed by atoms with van der Waals surface area (Å²) in [5.41, 5.74) is 2.49. The van der Waals surface area contributed by atoms with Crippen LogP contribution in [-0.4, -0.2) is 46.0 Å². The van der Waals surface area contributed by atoms with Gasteiger partial charge >= 0.3 is 0 Å². The van der Waals surface area contributed by atoms with E-state index in [-0.39, 0.29) is 77.0 Å². The summed E-state index contributed by atoms with van der Waals surface area (Å²) in [4.78, 5) is 55.4. The highest BCUT2D eigenvalue weighted by molar-refractivity contribution is 6.07. The normalized spacial score (nSPS) is 41.9. The Hall–Kier alpha value is -3.02. The van der Waals surface area contributed by atoms with Gasteiger partial charge in [0, 0.05) is 12.6 Å². The second-order valence-electron chi connectivity index (χ2n) is 12.9. The molecule has 6 nitrogen and oxygen atoms in total. The van der Waals surface area contributed by atoms with Crippen molar-refractivity contribution in [3.8, 4) is 0 Å². The third-order valence-electron chi connectivity index (χ3n) is 11.1. The number of imide groups is 2. The predicted octanol–water partition coefficient (Wildman–Crippen LogP) is 3.87. The van der Waals surface area contributed by atoms with E-state index in [1.165, 1.54) is 16.0 Å². The number of hydrogen-bond acceptors (Lipinski definition) is 4. The molecule has 1 aromatic rings. The Kier molecular flexibility index (Phi) is 4.97. The highest BCUT2D eigenvalue weighted by atomic mass is 16.2. The average Bonchev–Trinajstić information content (AvgIpc) is 3.76. The van der Waals surface area contributed by atoms with Crippen LogP contribution in [0.5, 0.6) is 0 Å². The van der Waals surface area contributed by atoms with Crippen molar-refractivity contribution in [2.24, 2.45) is 47.3 Å². The van der Waals surface area contributed by atoms with Gasteiger partial charge in [0.2, 0.25) is 23.6 Å². The third kappa shape index (κ3) is 3.12. The van der Waals surface area contributed by atoms with Crippen LogP contribution in [0, 0.1) is 47.3 Å². The molecule has 7 aliphatic rings. The van der Waals surface area contributed by atoms with E-state index < -0.39 is 0 Å². The van der Waals surface area contributed by atoms with Crippen molar-refractivity contribution in [2.75, 3.05) is 6.54 Å². The molecule has 0 aromatic heterocycles. The molecule has 196 valence electrons. The monoisotopic (exact) mass is 510 g/mol. The van der Waals surface area contributed by atoms with Gasteiger partial charge in [-0.2, -0.15) is 0 Å². The third-order valence-corrected chi connectivity index (χ3v) is 11.1. The summed E-state index contributed by atoms with van der Waals surface area (Å²) in [6.07, 6.45) is 14.9. The molecular formula is C32H34N2O4. The highest BCUT2D eigenvalue weighted by Gasteiger charge is 2.61. The van der Waals surface area contributed by atoms with Crippen LogP contribution in [0.25, 0.3) is 0 Å². The van der Waals surface area contributed by atoms with E-state index in [0.717, 1.165) is 44.9 Å². The van der Waals surface area contributed by atoms with Crippen LogP contribution in [0.1, 0.15) is 55.6 Å². The Morgan fingerprint density at radius 2 is 1.16 bits per heavy atom. The minimum Gasteiger partial charge on any atom is -0.282 e. The van der Waals surface area contributed by atoms with Crippen molar-refractivity contribution in [3.05, 3.63) is 59.7 Å². The summed E-state index contributed by atoms with van der Waals surface area (Å²) in [7, 11) is 0. The van der Waals surface area contributed by atoms with Crippen molar-refractivity contribution in [1.82, 2.24) is 9.80 Å². The number of nitrogens with zero attached hydrogens (tertiary/aromatic N) is 2. The molecule has 0 N–H and O–H groups in total. The molecule has 1 aromatic carbocycles. The second-order valence-corrected chi connectivity index (χ2v) is 12.9. The highest BCUT2D eigenvalue weighted by Crippen LogP contribution is 2.54. The Bertz CT molecular complexity index is 1240. The predicted molar refractivity (Wildman–Crippen MR) is 139 cm³/mol. The van der Waals surface area contributed by atoms with E-state index >= 15 is 0 Å². The van der Waals surface area contributed by atoms with Gasteiger partial charge in [0.05, 0.1) is 23.7 Å². The number of carbonyl (C=O) groups is 4. The van der Waals surface area contributed by atoms with Gasteiger partial charge in [-0.1, -0.05) is 48.6 Å². The summed E-state index contributed by atoms with van der Waals surface area (Å²) >= 11 is 0. The molecule has 10 atom stereocenters. The zero-order valence-electron chi connectivity index (χ0n) is 21.6. The first-order chi connectivity index (χ1) is 18.5. The van der Waals surface area contributed by atoms with E-state index in [2.05, 4.69) is 48.6 Å². The van der Waals surface area contributed by atoms with Crippen LogP contribution in [0.4, 0.5) is 0 Å². The number of rotatable bonds is 6. The lowest BCUT2D eigenvalue weighted by Crippen LogP contribution is -2.40. The molecule has 5 fully saturated rings. The first-order valence-electron chi connectivity index (χ1n) is 14.7. The number of likely N-dealkylation sites (tertiary alicyclic amines) is 2. The lowest BCUT2D eigenvalue weighted by atomic mass is 9.85. The van der Waals surface area contributed by atoms with E-state index in [9.17, 15) is 19.2 Å². The molecule has 2 saturated heterocycles. The number of benzene rings is 1. The van der Waals surface area contributed by atoms with Crippen molar-refractivity contribution in [2.45, 2.75) is 56.9 Å². The molecule has 3 saturated carbocycles. The lowest BCUT2D eigenvalue weighted by Gasteiger charge is -2.24. The van der Waals surface area contributed by atoms with Gasteiger partial charge in [0.1, 0.15) is 0 Å². The molecule has 2 aliphatic heterocycles. The van der Waals surface area contributed by atoms with Gasteiger partial charge in [-0.3, -0.25) is 29.0 Å². The lowest BCUT2D eigenvalue weighted by molar-refractivity contribution is -0.144. The number of fused-ring (bicyclic) bond motifs is 10. The van der Waals surface area contributed by atoms with Gasteiger partial charge in [-0.25, -0.2) is 0 Å². The quantitative estimate of drug-likeness (QED) is 0.430. The number of hydrogen-bond donors (Lipinski definition) is 0. The van der Waals surface area contributed by atoms with E-state index in [0.29, 0.717) is 12.5 Å². The summed E-state index contributed by atoms with van der Waals surface area (Å²) in [5.74, 6) is 1.28. The maximum absolute atomic E-state index is 13.2. The van der Waals surface area contributed by atoms with Crippen LogP contribution in [0.3, 0.4) is 0 Å². The Morgan fingerprint density at radius 1 is 0.632 bits per heavy atom. The maximum Gasteiger partial charge on any atom is 0.233 e. The Morgan fingerprint density at radius 3 is 1.71 bits per heavy atom. The molecule has 4 bridgehead atoms. The average molecular weight is 511 g/mol. The number of amides is 4. The van der Waals surface area contributed by atoms with E-state index in [4.69, 9.17) is 0 Å². The molecule has 0 spiro atoms. The molecule has 8 rings (SSSR count). The first kappa shape index (κ1) is 22.9. The van der Waals surface area contributed by atoms with Crippen molar-refractivity contribution in [3.63, 3.8) is 0 Å². The minimum atomic E-state index is -0.107. The van der Waals surface area contributed by atoms with Gasteiger partial charge in [-0.15, -0.1) is 0 Å². The van der Waals surface area contributed by atoms with Crippen LogP contribution in [0.15, 0.2) is 48.6 Å². The van der Waals surface area contributed by atoms with Gasteiger partial charge in [-0.05, 0) is 85.7 Å². The zero-order valence-corrected chi connectivity index (χ0v) is 21.6. The van der Waals surface area contributed by atoms with Crippen LogP contribution in [-0.2, 0) is 25.6 Å². The molecule has 10 unspecified atom stereocenters. The molecular weight excluding hydrogens is 476 g/mol. The minimum absolute atomic E-state index is 0.0325. The van der Waals surface area contributed by atoms with Gasteiger partial charge in [0.25, 0.3) is 0 Å². The Balaban J connectivity index is 0.865. The summed E-state index contributed by atoms with van der Waals surface area (Å²) in [6, 6.07) is 8.73. The number of carbonyl (C=O) groups excluding carboxylic acids is 4. The van der Waals surface area contributed by atoms with Crippen LogP contribution < -0.4 is 0 Å². The second kappa shape index (κ2) is 8.24. The van der Waals surface area contributed by atoms with E-state index in [1.54, 1.807) is 4.90 Å². The molecule has 0 radical (unpaired) electrons. The zero-order chi connectivity index (χ0) is 25.7. The SMILES string of the molecule is O=C1C2C3C=CC(C3)C2C(=O)N1CCCc1ccc(C2CCC(N3C(=O)C4C5C=CC(C5)C4C3=O)C2)cc1.